The van der Waals surface area contributed by atoms with E-state index in [4.69, 9.17) is 4.42 Å². The molecule has 0 saturated heterocycles. The van der Waals surface area contributed by atoms with Crippen LogP contribution in [0.4, 0.5) is 13.2 Å². The Morgan fingerprint density at radius 1 is 1.33 bits per heavy atom. The lowest BCUT2D eigenvalue weighted by molar-refractivity contribution is -0.138. The molecule has 1 heterocycles. The highest BCUT2D eigenvalue weighted by atomic mass is 79.9. The average Bonchev–Trinajstić information content (AvgIpc) is 2.89. The lowest BCUT2D eigenvalue weighted by atomic mass is 10.1. The van der Waals surface area contributed by atoms with Crippen molar-refractivity contribution in [2.24, 2.45) is 0 Å². The van der Waals surface area contributed by atoms with Crippen LogP contribution in [0.2, 0.25) is 0 Å². The summed E-state index contributed by atoms with van der Waals surface area (Å²) in [4.78, 5) is 13.4. The van der Waals surface area contributed by atoms with E-state index in [1.165, 1.54) is 36.6 Å². The number of rotatable bonds is 3. The molecule has 0 aliphatic rings. The molecule has 0 spiro atoms. The van der Waals surface area contributed by atoms with Gasteiger partial charge in [0.1, 0.15) is 0 Å². The first-order chi connectivity index (χ1) is 9.79. The molecule has 7 heteroatoms. The summed E-state index contributed by atoms with van der Waals surface area (Å²) >= 11 is 2.99. The van der Waals surface area contributed by atoms with E-state index >= 15 is 0 Å². The molecule has 2 rings (SSSR count). The number of halogens is 4. The van der Waals surface area contributed by atoms with Crippen LogP contribution in [0.15, 0.2) is 45.7 Å². The van der Waals surface area contributed by atoms with E-state index in [1.54, 1.807) is 6.07 Å². The van der Waals surface area contributed by atoms with Gasteiger partial charge in [-0.25, -0.2) is 0 Å². The van der Waals surface area contributed by atoms with Crippen LogP contribution in [0.25, 0.3) is 0 Å². The van der Waals surface area contributed by atoms with Crippen molar-refractivity contribution < 1.29 is 22.4 Å². The van der Waals surface area contributed by atoms with Crippen molar-refractivity contribution in [1.82, 2.24) is 4.90 Å². The highest BCUT2D eigenvalue weighted by molar-refractivity contribution is 9.10. The number of carbonyl (C=O) groups excluding carboxylic acids is 1. The first-order valence-electron chi connectivity index (χ1n) is 5.92. The fraction of sp³-hybridized carbons (Fsp3) is 0.214. The monoisotopic (exact) mass is 361 g/mol. The van der Waals surface area contributed by atoms with Gasteiger partial charge in [-0.1, -0.05) is 15.9 Å². The molecule has 1 aromatic heterocycles. The minimum atomic E-state index is -4.59. The lowest BCUT2D eigenvalue weighted by Crippen LogP contribution is -2.28. The largest absolute Gasteiger partial charge is 0.472 e. The van der Waals surface area contributed by atoms with Gasteiger partial charge in [0.05, 0.1) is 23.7 Å². The first kappa shape index (κ1) is 15.6. The second-order valence-corrected chi connectivity index (χ2v) is 5.40. The van der Waals surface area contributed by atoms with E-state index in [1.807, 2.05) is 0 Å². The normalized spacial score (nSPS) is 11.5. The number of benzene rings is 1. The van der Waals surface area contributed by atoms with Crippen molar-refractivity contribution in [2.75, 3.05) is 7.05 Å². The van der Waals surface area contributed by atoms with Crippen molar-refractivity contribution in [3.63, 3.8) is 0 Å². The quantitative estimate of drug-likeness (QED) is 0.814. The van der Waals surface area contributed by atoms with Crippen LogP contribution in [0.1, 0.15) is 21.5 Å². The van der Waals surface area contributed by atoms with Crippen molar-refractivity contribution in [3.05, 3.63) is 58.0 Å². The van der Waals surface area contributed by atoms with Crippen molar-refractivity contribution in [2.45, 2.75) is 12.7 Å². The molecule has 1 amide bonds. The highest BCUT2D eigenvalue weighted by Gasteiger charge is 2.36. The van der Waals surface area contributed by atoms with Gasteiger partial charge in [-0.15, -0.1) is 0 Å². The molecule has 0 aliphatic carbocycles. The van der Waals surface area contributed by atoms with Gasteiger partial charge < -0.3 is 9.32 Å². The standard InChI is InChI=1S/C14H11BrF3NO2/c1-19(7-9-4-5-21-8-9)13(20)11-3-2-10(15)6-12(11)14(16,17)18/h2-6,8H,7H2,1H3. The zero-order chi connectivity index (χ0) is 15.6. The summed E-state index contributed by atoms with van der Waals surface area (Å²) in [5, 5.41) is 0. The Hall–Kier alpha value is -1.76. The minimum Gasteiger partial charge on any atom is -0.472 e. The van der Waals surface area contributed by atoms with Crippen molar-refractivity contribution in [3.8, 4) is 0 Å². The molecular weight excluding hydrogens is 351 g/mol. The molecule has 112 valence electrons. The van der Waals surface area contributed by atoms with Gasteiger partial charge in [0.2, 0.25) is 0 Å². The predicted molar refractivity (Wildman–Crippen MR) is 73.6 cm³/mol. The Morgan fingerprint density at radius 3 is 2.62 bits per heavy atom. The summed E-state index contributed by atoms with van der Waals surface area (Å²) in [6.45, 7) is 0.169. The maximum absolute atomic E-state index is 13.0. The molecule has 0 atom stereocenters. The molecule has 0 radical (unpaired) electrons. The number of carbonyl (C=O) groups is 1. The van der Waals surface area contributed by atoms with Crippen molar-refractivity contribution in [1.29, 1.82) is 0 Å². The maximum atomic E-state index is 13.0. The Kier molecular flexibility index (Phi) is 4.41. The molecule has 2 aromatic rings. The van der Waals surface area contributed by atoms with E-state index in [-0.39, 0.29) is 16.6 Å². The summed E-state index contributed by atoms with van der Waals surface area (Å²) in [5.74, 6) is -0.698. The highest BCUT2D eigenvalue weighted by Crippen LogP contribution is 2.34. The van der Waals surface area contributed by atoms with E-state index in [9.17, 15) is 18.0 Å². The topological polar surface area (TPSA) is 33.5 Å². The minimum absolute atomic E-state index is 0.169. The first-order valence-corrected chi connectivity index (χ1v) is 6.71. The van der Waals surface area contributed by atoms with Crippen molar-refractivity contribution >= 4 is 21.8 Å². The SMILES string of the molecule is CN(Cc1ccoc1)C(=O)c1ccc(Br)cc1C(F)(F)F. The number of hydrogen-bond donors (Lipinski definition) is 0. The fourth-order valence-corrected chi connectivity index (χ4v) is 2.23. The van der Waals surface area contributed by atoms with E-state index in [0.717, 1.165) is 6.07 Å². The van der Waals surface area contributed by atoms with Gasteiger partial charge in [-0.2, -0.15) is 13.2 Å². The average molecular weight is 362 g/mol. The molecule has 3 nitrogen and oxygen atoms in total. The van der Waals surface area contributed by atoms with Gasteiger partial charge in [0, 0.05) is 23.6 Å². The molecular formula is C14H11BrF3NO2. The molecule has 0 saturated carbocycles. The summed E-state index contributed by atoms with van der Waals surface area (Å²) < 4.78 is 44.2. The zero-order valence-corrected chi connectivity index (χ0v) is 12.5. The van der Waals surface area contributed by atoms with Gasteiger partial charge in [-0.05, 0) is 24.3 Å². The lowest BCUT2D eigenvalue weighted by Gasteiger charge is -2.19. The van der Waals surface area contributed by atoms with Crippen LogP contribution in [-0.2, 0) is 12.7 Å². The Bertz CT molecular complexity index is 638. The van der Waals surface area contributed by atoms with Crippen LogP contribution in [0.5, 0.6) is 0 Å². The van der Waals surface area contributed by atoms with Gasteiger partial charge >= 0.3 is 6.18 Å². The Labute approximate surface area is 127 Å². The van der Waals surface area contributed by atoms with Crippen LogP contribution in [0.3, 0.4) is 0 Å². The summed E-state index contributed by atoms with van der Waals surface area (Å²) in [6, 6.07) is 5.13. The van der Waals surface area contributed by atoms with E-state index in [0.29, 0.717) is 5.56 Å². The van der Waals surface area contributed by atoms with Gasteiger partial charge in [0.15, 0.2) is 0 Å². The molecule has 1 aromatic carbocycles. The van der Waals surface area contributed by atoms with Crippen LogP contribution in [-0.4, -0.2) is 17.9 Å². The van der Waals surface area contributed by atoms with Crippen LogP contribution >= 0.6 is 15.9 Å². The third kappa shape index (κ3) is 3.66. The summed E-state index contributed by atoms with van der Waals surface area (Å²) in [7, 11) is 1.44. The molecule has 0 N–H and O–H groups in total. The Morgan fingerprint density at radius 2 is 2.05 bits per heavy atom. The molecule has 21 heavy (non-hydrogen) atoms. The third-order valence-electron chi connectivity index (χ3n) is 2.86. The van der Waals surface area contributed by atoms with Crippen LogP contribution < -0.4 is 0 Å². The smallest absolute Gasteiger partial charge is 0.417 e. The van der Waals surface area contributed by atoms with Crippen LogP contribution in [0, 0.1) is 0 Å². The predicted octanol–water partition coefficient (Wildman–Crippen LogP) is 4.33. The fourth-order valence-electron chi connectivity index (χ4n) is 1.87. The number of nitrogens with zero attached hydrogens (tertiary/aromatic N) is 1. The molecule has 0 fully saturated rings. The molecule has 0 aliphatic heterocycles. The number of alkyl halides is 3. The number of hydrogen-bond acceptors (Lipinski definition) is 2. The molecule has 0 unspecified atom stereocenters. The third-order valence-corrected chi connectivity index (χ3v) is 3.36. The Balaban J connectivity index is 2.30. The second-order valence-electron chi connectivity index (χ2n) is 4.48. The molecule has 0 bridgehead atoms. The second kappa shape index (κ2) is 5.93. The number of furan rings is 1. The van der Waals surface area contributed by atoms with Gasteiger partial charge in [0.25, 0.3) is 5.91 Å². The summed E-state index contributed by atoms with van der Waals surface area (Å²) in [5.41, 5.74) is -0.630. The summed E-state index contributed by atoms with van der Waals surface area (Å²) in [6.07, 6.45) is -1.71. The zero-order valence-electron chi connectivity index (χ0n) is 10.9. The number of amides is 1. The van der Waals surface area contributed by atoms with E-state index in [2.05, 4.69) is 15.9 Å². The van der Waals surface area contributed by atoms with Gasteiger partial charge in [-0.3, -0.25) is 4.79 Å². The van der Waals surface area contributed by atoms with E-state index < -0.39 is 17.6 Å². The maximum Gasteiger partial charge on any atom is 0.417 e.